The number of nitrogens with two attached hydrogens (primary N) is 1. The van der Waals surface area contributed by atoms with Gasteiger partial charge in [-0.25, -0.2) is 15.8 Å². The van der Waals surface area contributed by atoms with Crippen molar-refractivity contribution in [2.24, 2.45) is 11.8 Å². The zero-order valence-corrected chi connectivity index (χ0v) is 11.1. The van der Waals surface area contributed by atoms with Crippen molar-refractivity contribution in [2.75, 3.05) is 12.5 Å². The first kappa shape index (κ1) is 13.2. The number of hydrogen-bond acceptors (Lipinski definition) is 5. The summed E-state index contributed by atoms with van der Waals surface area (Å²) in [6, 6.07) is 1.83. The van der Waals surface area contributed by atoms with E-state index in [9.17, 15) is 0 Å². The average molecular weight is 250 g/mol. The van der Waals surface area contributed by atoms with E-state index in [0.29, 0.717) is 18.3 Å². The summed E-state index contributed by atoms with van der Waals surface area (Å²) in [6.45, 7) is 2.80. The summed E-state index contributed by atoms with van der Waals surface area (Å²) in [4.78, 5) is 9.07. The van der Waals surface area contributed by atoms with E-state index in [2.05, 4.69) is 22.3 Å². The molecule has 0 atom stereocenters. The highest BCUT2D eigenvalue weighted by Crippen LogP contribution is 2.34. The average Bonchev–Trinajstić information content (AvgIpc) is 2.39. The highest BCUT2D eigenvalue weighted by Gasteiger charge is 2.22. The van der Waals surface area contributed by atoms with E-state index in [-0.39, 0.29) is 0 Å². The molecule has 2 rings (SSSR count). The molecule has 1 aromatic heterocycles. The van der Waals surface area contributed by atoms with Gasteiger partial charge in [0.05, 0.1) is 12.3 Å². The second kappa shape index (κ2) is 6.11. The SMILES string of the molecule is COCc1cc(NN)nc(C2CCC(C)CC2)n1. The number of aromatic nitrogens is 2. The third-order valence-electron chi connectivity index (χ3n) is 3.62. The molecule has 5 heteroatoms. The van der Waals surface area contributed by atoms with Gasteiger partial charge in [0.1, 0.15) is 11.6 Å². The van der Waals surface area contributed by atoms with Crippen molar-refractivity contribution in [3.63, 3.8) is 0 Å². The summed E-state index contributed by atoms with van der Waals surface area (Å²) in [5.41, 5.74) is 3.49. The zero-order valence-electron chi connectivity index (χ0n) is 11.1. The number of ether oxygens (including phenoxy) is 1. The van der Waals surface area contributed by atoms with Gasteiger partial charge in [-0.15, -0.1) is 0 Å². The summed E-state index contributed by atoms with van der Waals surface area (Å²) in [5.74, 6) is 8.33. The number of nitrogen functional groups attached to an aromatic ring is 1. The minimum absolute atomic E-state index is 0.463. The molecule has 0 amide bonds. The van der Waals surface area contributed by atoms with E-state index in [1.807, 2.05) is 6.07 Å². The molecule has 1 saturated carbocycles. The predicted molar refractivity (Wildman–Crippen MR) is 70.9 cm³/mol. The number of anilines is 1. The molecular formula is C13H22N4O. The second-order valence-electron chi connectivity index (χ2n) is 5.14. The first-order valence-corrected chi connectivity index (χ1v) is 6.56. The molecule has 0 radical (unpaired) electrons. The molecule has 1 aromatic rings. The summed E-state index contributed by atoms with van der Waals surface area (Å²) < 4.78 is 5.13. The van der Waals surface area contributed by atoms with Crippen LogP contribution in [0.1, 0.15) is 50.0 Å². The maximum atomic E-state index is 5.45. The van der Waals surface area contributed by atoms with Crippen molar-refractivity contribution in [1.29, 1.82) is 0 Å². The Balaban J connectivity index is 2.17. The van der Waals surface area contributed by atoms with Crippen LogP contribution in [0.2, 0.25) is 0 Å². The Bertz CT molecular complexity index is 389. The minimum atomic E-state index is 0.463. The van der Waals surface area contributed by atoms with Gasteiger partial charge in [0.2, 0.25) is 0 Å². The van der Waals surface area contributed by atoms with Gasteiger partial charge < -0.3 is 10.2 Å². The number of hydrogen-bond donors (Lipinski definition) is 2. The summed E-state index contributed by atoms with van der Waals surface area (Å²) in [5, 5.41) is 0. The standard InChI is InChI=1S/C13H22N4O/c1-9-3-5-10(6-4-9)13-15-11(8-18-2)7-12(16-13)17-14/h7,9-10H,3-6,8,14H2,1-2H3,(H,15,16,17). The zero-order chi connectivity index (χ0) is 13.0. The second-order valence-corrected chi connectivity index (χ2v) is 5.14. The lowest BCUT2D eigenvalue weighted by Crippen LogP contribution is -2.17. The third-order valence-corrected chi connectivity index (χ3v) is 3.62. The Hall–Kier alpha value is -1.20. The normalized spacial score (nSPS) is 23.9. The fourth-order valence-electron chi connectivity index (χ4n) is 2.51. The molecule has 5 nitrogen and oxygen atoms in total. The van der Waals surface area contributed by atoms with E-state index < -0.39 is 0 Å². The van der Waals surface area contributed by atoms with Gasteiger partial charge >= 0.3 is 0 Å². The molecule has 1 fully saturated rings. The molecule has 1 heterocycles. The number of rotatable bonds is 4. The quantitative estimate of drug-likeness (QED) is 0.633. The number of nitrogens with one attached hydrogen (secondary N) is 1. The van der Waals surface area contributed by atoms with E-state index in [1.165, 1.54) is 25.7 Å². The molecule has 0 spiro atoms. The summed E-state index contributed by atoms with van der Waals surface area (Å²) >= 11 is 0. The molecule has 0 unspecified atom stereocenters. The molecule has 1 aliphatic rings. The van der Waals surface area contributed by atoms with Crippen LogP contribution in [0.4, 0.5) is 5.82 Å². The Labute approximate surface area is 108 Å². The highest BCUT2D eigenvalue weighted by atomic mass is 16.5. The molecule has 1 aliphatic carbocycles. The monoisotopic (exact) mass is 250 g/mol. The van der Waals surface area contributed by atoms with Crippen molar-refractivity contribution in [1.82, 2.24) is 9.97 Å². The van der Waals surface area contributed by atoms with Crippen LogP contribution in [-0.4, -0.2) is 17.1 Å². The van der Waals surface area contributed by atoms with E-state index in [0.717, 1.165) is 17.4 Å². The van der Waals surface area contributed by atoms with Crippen LogP contribution >= 0.6 is 0 Å². The maximum Gasteiger partial charge on any atom is 0.144 e. The van der Waals surface area contributed by atoms with Gasteiger partial charge in [-0.3, -0.25) is 0 Å². The van der Waals surface area contributed by atoms with Gasteiger partial charge in [-0.2, -0.15) is 0 Å². The van der Waals surface area contributed by atoms with Crippen LogP contribution in [0.5, 0.6) is 0 Å². The molecule has 0 saturated heterocycles. The van der Waals surface area contributed by atoms with Crippen molar-refractivity contribution in [3.05, 3.63) is 17.6 Å². The predicted octanol–water partition coefficient (Wildman–Crippen LogP) is 2.20. The van der Waals surface area contributed by atoms with Crippen LogP contribution in [-0.2, 0) is 11.3 Å². The third kappa shape index (κ3) is 3.17. The molecule has 0 aromatic carbocycles. The topological polar surface area (TPSA) is 73.1 Å². The van der Waals surface area contributed by atoms with Crippen LogP contribution in [0.3, 0.4) is 0 Å². The Kier molecular flexibility index (Phi) is 4.49. The Morgan fingerprint density at radius 2 is 2.06 bits per heavy atom. The lowest BCUT2D eigenvalue weighted by atomic mass is 9.82. The van der Waals surface area contributed by atoms with Gasteiger partial charge in [0.25, 0.3) is 0 Å². The largest absolute Gasteiger partial charge is 0.378 e. The van der Waals surface area contributed by atoms with Gasteiger partial charge in [0, 0.05) is 19.1 Å². The lowest BCUT2D eigenvalue weighted by molar-refractivity contribution is 0.181. The number of nitrogens with zero attached hydrogens (tertiary/aromatic N) is 2. The van der Waals surface area contributed by atoms with Crippen molar-refractivity contribution in [2.45, 2.75) is 45.1 Å². The first-order chi connectivity index (χ1) is 8.72. The van der Waals surface area contributed by atoms with Gasteiger partial charge in [-0.05, 0) is 18.8 Å². The minimum Gasteiger partial charge on any atom is -0.378 e. The van der Waals surface area contributed by atoms with Crippen LogP contribution in [0.15, 0.2) is 6.07 Å². The van der Waals surface area contributed by atoms with Gasteiger partial charge in [0.15, 0.2) is 0 Å². The lowest BCUT2D eigenvalue weighted by Gasteiger charge is -2.25. The smallest absolute Gasteiger partial charge is 0.144 e. The molecule has 100 valence electrons. The van der Waals surface area contributed by atoms with E-state index in [1.54, 1.807) is 7.11 Å². The summed E-state index contributed by atoms with van der Waals surface area (Å²) in [6.07, 6.45) is 4.85. The molecule has 0 bridgehead atoms. The van der Waals surface area contributed by atoms with E-state index >= 15 is 0 Å². The van der Waals surface area contributed by atoms with Crippen LogP contribution < -0.4 is 11.3 Å². The maximum absolute atomic E-state index is 5.45. The first-order valence-electron chi connectivity index (χ1n) is 6.56. The molecule has 18 heavy (non-hydrogen) atoms. The van der Waals surface area contributed by atoms with E-state index in [4.69, 9.17) is 10.6 Å². The highest BCUT2D eigenvalue weighted by molar-refractivity contribution is 5.34. The number of hydrazine groups is 1. The van der Waals surface area contributed by atoms with Crippen LogP contribution in [0.25, 0.3) is 0 Å². The number of methoxy groups -OCH3 is 1. The molecule has 0 aliphatic heterocycles. The van der Waals surface area contributed by atoms with Crippen molar-refractivity contribution < 1.29 is 4.74 Å². The fourth-order valence-corrected chi connectivity index (χ4v) is 2.51. The van der Waals surface area contributed by atoms with Crippen molar-refractivity contribution in [3.8, 4) is 0 Å². The molecular weight excluding hydrogens is 228 g/mol. The van der Waals surface area contributed by atoms with Crippen LogP contribution in [0, 0.1) is 5.92 Å². The Morgan fingerprint density at radius 1 is 1.33 bits per heavy atom. The summed E-state index contributed by atoms with van der Waals surface area (Å²) in [7, 11) is 1.67. The Morgan fingerprint density at radius 3 is 2.67 bits per heavy atom. The molecule has 3 N–H and O–H groups in total. The fraction of sp³-hybridized carbons (Fsp3) is 0.692. The van der Waals surface area contributed by atoms with Gasteiger partial charge in [-0.1, -0.05) is 19.8 Å². The van der Waals surface area contributed by atoms with Crippen molar-refractivity contribution >= 4 is 5.82 Å².